The van der Waals surface area contributed by atoms with Crippen LogP contribution < -0.4 is 21.7 Å². The maximum absolute atomic E-state index is 11.7. The molecule has 1 aromatic heterocycles. The standard InChI is InChI=1S/C15H18N6O/c1-18-14(22)10-2-3-12-9(6-10)4-5-21(12)8-11-7-19-15(17)20-13(11)16/h2-3,6-7H,4-5,8H2,1H3,(H,18,22)(H4,16,17,19,20). The van der Waals surface area contributed by atoms with Gasteiger partial charge in [-0.1, -0.05) is 0 Å². The summed E-state index contributed by atoms with van der Waals surface area (Å²) in [6.45, 7) is 1.49. The SMILES string of the molecule is CNC(=O)c1ccc2c(c1)CCN2Cc1cnc(N)nc1N. The Labute approximate surface area is 128 Å². The molecule has 2 aromatic rings. The van der Waals surface area contributed by atoms with Crippen molar-refractivity contribution in [1.82, 2.24) is 15.3 Å². The number of rotatable bonds is 3. The summed E-state index contributed by atoms with van der Waals surface area (Å²) in [6.07, 6.45) is 2.56. The molecule has 1 aliphatic heterocycles. The van der Waals surface area contributed by atoms with Crippen LogP contribution in [-0.4, -0.2) is 29.5 Å². The van der Waals surface area contributed by atoms with Crippen molar-refractivity contribution in [1.29, 1.82) is 0 Å². The fourth-order valence-corrected chi connectivity index (χ4v) is 2.68. The van der Waals surface area contributed by atoms with E-state index in [1.54, 1.807) is 13.2 Å². The first-order valence-electron chi connectivity index (χ1n) is 7.05. The maximum atomic E-state index is 11.7. The molecular weight excluding hydrogens is 280 g/mol. The lowest BCUT2D eigenvalue weighted by atomic mass is 10.1. The van der Waals surface area contributed by atoms with Gasteiger partial charge in [-0.15, -0.1) is 0 Å². The number of nitrogen functional groups attached to an aromatic ring is 2. The number of benzene rings is 1. The highest BCUT2D eigenvalue weighted by molar-refractivity contribution is 5.94. The van der Waals surface area contributed by atoms with E-state index < -0.39 is 0 Å². The molecule has 1 aromatic carbocycles. The van der Waals surface area contributed by atoms with E-state index in [0.717, 1.165) is 29.8 Å². The Hall–Kier alpha value is -2.83. The lowest BCUT2D eigenvalue weighted by Crippen LogP contribution is -2.21. The Bertz CT molecular complexity index is 730. The Balaban J connectivity index is 1.84. The second-order valence-electron chi connectivity index (χ2n) is 5.23. The minimum absolute atomic E-state index is 0.0718. The Kier molecular flexibility index (Phi) is 3.54. The van der Waals surface area contributed by atoms with Crippen LogP contribution in [0, 0.1) is 0 Å². The number of amides is 1. The number of nitrogens with two attached hydrogens (primary N) is 2. The smallest absolute Gasteiger partial charge is 0.251 e. The molecule has 0 radical (unpaired) electrons. The summed E-state index contributed by atoms with van der Waals surface area (Å²) in [4.78, 5) is 21.9. The summed E-state index contributed by atoms with van der Waals surface area (Å²) >= 11 is 0. The average molecular weight is 298 g/mol. The Morgan fingerprint density at radius 3 is 2.95 bits per heavy atom. The third-order valence-corrected chi connectivity index (χ3v) is 3.84. The van der Waals surface area contributed by atoms with Gasteiger partial charge < -0.3 is 21.7 Å². The van der Waals surface area contributed by atoms with E-state index in [2.05, 4.69) is 20.2 Å². The monoisotopic (exact) mass is 298 g/mol. The maximum Gasteiger partial charge on any atom is 0.251 e. The van der Waals surface area contributed by atoms with Gasteiger partial charge in [0, 0.05) is 43.1 Å². The predicted molar refractivity (Wildman–Crippen MR) is 85.4 cm³/mol. The molecule has 0 unspecified atom stereocenters. The second-order valence-corrected chi connectivity index (χ2v) is 5.23. The van der Waals surface area contributed by atoms with Gasteiger partial charge in [-0.3, -0.25) is 4.79 Å². The number of hydrogen-bond donors (Lipinski definition) is 3. The number of carbonyl (C=O) groups is 1. The lowest BCUT2D eigenvalue weighted by Gasteiger charge is -2.20. The number of aromatic nitrogens is 2. The molecule has 0 fully saturated rings. The van der Waals surface area contributed by atoms with E-state index in [1.165, 1.54) is 0 Å². The van der Waals surface area contributed by atoms with Gasteiger partial charge in [-0.25, -0.2) is 4.98 Å². The molecule has 1 amide bonds. The molecule has 0 aliphatic carbocycles. The normalized spacial score (nSPS) is 13.0. The fourth-order valence-electron chi connectivity index (χ4n) is 2.68. The molecule has 0 saturated heterocycles. The van der Waals surface area contributed by atoms with Gasteiger partial charge in [0.1, 0.15) is 5.82 Å². The molecule has 1 aliphatic rings. The lowest BCUT2D eigenvalue weighted by molar-refractivity contribution is 0.0963. The highest BCUT2D eigenvalue weighted by Gasteiger charge is 2.21. The summed E-state index contributed by atoms with van der Waals surface area (Å²) in [7, 11) is 1.63. The molecule has 7 nitrogen and oxygen atoms in total. The van der Waals surface area contributed by atoms with E-state index in [9.17, 15) is 4.79 Å². The van der Waals surface area contributed by atoms with Crippen LogP contribution in [0.1, 0.15) is 21.5 Å². The molecule has 0 saturated carbocycles. The summed E-state index contributed by atoms with van der Waals surface area (Å²) in [6, 6.07) is 5.75. The van der Waals surface area contributed by atoms with Crippen molar-refractivity contribution < 1.29 is 4.79 Å². The number of fused-ring (bicyclic) bond motifs is 1. The number of hydrogen-bond acceptors (Lipinski definition) is 6. The van der Waals surface area contributed by atoms with Crippen LogP contribution >= 0.6 is 0 Å². The van der Waals surface area contributed by atoms with E-state index in [4.69, 9.17) is 11.5 Å². The minimum Gasteiger partial charge on any atom is -0.383 e. The van der Waals surface area contributed by atoms with Gasteiger partial charge in [0.25, 0.3) is 5.91 Å². The quantitative estimate of drug-likeness (QED) is 0.764. The fraction of sp³-hybridized carbons (Fsp3) is 0.267. The van der Waals surface area contributed by atoms with Crippen molar-refractivity contribution in [2.45, 2.75) is 13.0 Å². The highest BCUT2D eigenvalue weighted by atomic mass is 16.1. The number of anilines is 3. The first-order valence-corrected chi connectivity index (χ1v) is 7.05. The van der Waals surface area contributed by atoms with Gasteiger partial charge in [0.15, 0.2) is 0 Å². The first-order chi connectivity index (χ1) is 10.6. The van der Waals surface area contributed by atoms with Crippen molar-refractivity contribution in [3.05, 3.63) is 41.1 Å². The molecule has 22 heavy (non-hydrogen) atoms. The molecule has 0 bridgehead atoms. The van der Waals surface area contributed by atoms with E-state index in [1.807, 2.05) is 18.2 Å². The van der Waals surface area contributed by atoms with Crippen molar-refractivity contribution in [3.8, 4) is 0 Å². The number of nitrogens with zero attached hydrogens (tertiary/aromatic N) is 3. The van der Waals surface area contributed by atoms with Crippen LogP contribution in [-0.2, 0) is 13.0 Å². The van der Waals surface area contributed by atoms with Gasteiger partial charge in [0.2, 0.25) is 5.95 Å². The van der Waals surface area contributed by atoms with Crippen LogP contribution in [0.25, 0.3) is 0 Å². The number of carbonyl (C=O) groups excluding carboxylic acids is 1. The molecule has 3 rings (SSSR count). The van der Waals surface area contributed by atoms with Crippen molar-refractivity contribution >= 4 is 23.4 Å². The average Bonchev–Trinajstić information content (AvgIpc) is 2.91. The van der Waals surface area contributed by atoms with E-state index >= 15 is 0 Å². The van der Waals surface area contributed by atoms with Gasteiger partial charge in [0.05, 0.1) is 0 Å². The molecule has 5 N–H and O–H groups in total. The Morgan fingerprint density at radius 2 is 2.23 bits per heavy atom. The first kappa shape index (κ1) is 14.1. The summed E-state index contributed by atoms with van der Waals surface area (Å²) in [5.74, 6) is 0.513. The summed E-state index contributed by atoms with van der Waals surface area (Å²) in [5.41, 5.74) is 15.2. The van der Waals surface area contributed by atoms with Crippen molar-refractivity contribution in [2.24, 2.45) is 0 Å². The Morgan fingerprint density at radius 1 is 1.41 bits per heavy atom. The van der Waals surface area contributed by atoms with Gasteiger partial charge >= 0.3 is 0 Å². The topological polar surface area (TPSA) is 110 Å². The van der Waals surface area contributed by atoms with E-state index in [0.29, 0.717) is 17.9 Å². The van der Waals surface area contributed by atoms with Gasteiger partial charge in [-0.05, 0) is 30.2 Å². The molecular formula is C15H18N6O. The van der Waals surface area contributed by atoms with E-state index in [-0.39, 0.29) is 11.9 Å². The van der Waals surface area contributed by atoms with Crippen LogP contribution in [0.3, 0.4) is 0 Å². The summed E-state index contributed by atoms with van der Waals surface area (Å²) < 4.78 is 0. The highest BCUT2D eigenvalue weighted by Crippen LogP contribution is 2.30. The zero-order valence-corrected chi connectivity index (χ0v) is 12.3. The zero-order chi connectivity index (χ0) is 15.7. The van der Waals surface area contributed by atoms with Crippen LogP contribution in [0.2, 0.25) is 0 Å². The molecule has 0 spiro atoms. The predicted octanol–water partition coefficient (Wildman–Crippen LogP) is 0.563. The van der Waals surface area contributed by atoms with Crippen LogP contribution in [0.4, 0.5) is 17.5 Å². The van der Waals surface area contributed by atoms with Gasteiger partial charge in [-0.2, -0.15) is 4.98 Å². The van der Waals surface area contributed by atoms with Crippen LogP contribution in [0.15, 0.2) is 24.4 Å². The second kappa shape index (κ2) is 5.51. The van der Waals surface area contributed by atoms with Crippen molar-refractivity contribution in [3.63, 3.8) is 0 Å². The van der Waals surface area contributed by atoms with Crippen molar-refractivity contribution in [2.75, 3.05) is 30.0 Å². The molecule has 7 heteroatoms. The largest absolute Gasteiger partial charge is 0.383 e. The molecule has 0 atom stereocenters. The molecule has 114 valence electrons. The summed E-state index contributed by atoms with van der Waals surface area (Å²) in [5, 5.41) is 2.64. The minimum atomic E-state index is -0.0718. The van der Waals surface area contributed by atoms with Crippen LogP contribution in [0.5, 0.6) is 0 Å². The zero-order valence-electron chi connectivity index (χ0n) is 12.3. The number of nitrogens with one attached hydrogen (secondary N) is 1. The third kappa shape index (κ3) is 2.52. The third-order valence-electron chi connectivity index (χ3n) is 3.84. The molecule has 2 heterocycles.